The topological polar surface area (TPSA) is 6.48 Å². The van der Waals surface area contributed by atoms with Crippen molar-refractivity contribution in [2.45, 2.75) is 6.42 Å². The lowest BCUT2D eigenvalue weighted by Gasteiger charge is -2.24. The molecule has 0 saturated heterocycles. The van der Waals surface area contributed by atoms with Crippen LogP contribution in [0, 0.1) is 6.08 Å². The predicted octanol–water partition coefficient (Wildman–Crippen LogP) is 3.98. The molecule has 2 heteroatoms. The van der Waals surface area contributed by atoms with Crippen LogP contribution in [-0.2, 0) is 6.42 Å². The van der Waals surface area contributed by atoms with Crippen molar-refractivity contribution < 1.29 is 0 Å². The number of hydrogen-bond acceptors (Lipinski definition) is 2. The predicted molar refractivity (Wildman–Crippen MR) is 99.1 cm³/mol. The highest BCUT2D eigenvalue weighted by Crippen LogP contribution is 2.43. The molecule has 0 aromatic heterocycles. The van der Waals surface area contributed by atoms with Gasteiger partial charge in [0.1, 0.15) is 0 Å². The van der Waals surface area contributed by atoms with Gasteiger partial charge in [-0.25, -0.2) is 0 Å². The first-order valence-corrected chi connectivity index (χ1v) is 8.00. The van der Waals surface area contributed by atoms with Crippen LogP contribution in [0.4, 0.5) is 11.4 Å². The molecule has 0 bridgehead atoms. The zero-order valence-electron chi connectivity index (χ0n) is 14.1. The molecule has 0 N–H and O–H groups in total. The van der Waals surface area contributed by atoms with E-state index in [1.807, 2.05) is 0 Å². The van der Waals surface area contributed by atoms with Gasteiger partial charge in [-0.3, -0.25) is 0 Å². The van der Waals surface area contributed by atoms with Crippen molar-refractivity contribution in [3.63, 3.8) is 0 Å². The minimum absolute atomic E-state index is 0.998. The maximum absolute atomic E-state index is 3.50. The zero-order chi connectivity index (χ0) is 16.1. The van der Waals surface area contributed by atoms with Crippen LogP contribution < -0.4 is 9.80 Å². The number of nitrogens with zero attached hydrogens (tertiary/aromatic N) is 2. The Labute approximate surface area is 138 Å². The lowest BCUT2D eigenvalue weighted by Crippen LogP contribution is -2.16. The summed E-state index contributed by atoms with van der Waals surface area (Å²) >= 11 is 0. The smallest absolute Gasteiger partial charge is 0.163 e. The third-order valence-corrected chi connectivity index (χ3v) is 4.78. The quantitative estimate of drug-likeness (QED) is 0.661. The fraction of sp³-hybridized carbons (Fsp3) is 0.238. The van der Waals surface area contributed by atoms with Gasteiger partial charge in [0.05, 0.1) is 28.5 Å². The van der Waals surface area contributed by atoms with Crippen LogP contribution in [0.2, 0.25) is 0 Å². The molecule has 23 heavy (non-hydrogen) atoms. The van der Waals surface area contributed by atoms with E-state index in [0.29, 0.717) is 0 Å². The summed E-state index contributed by atoms with van der Waals surface area (Å²) in [6.07, 6.45) is 8.76. The van der Waals surface area contributed by atoms with E-state index in [4.69, 9.17) is 0 Å². The van der Waals surface area contributed by atoms with Gasteiger partial charge in [-0.15, -0.1) is 0 Å². The molecule has 0 atom stereocenters. The van der Waals surface area contributed by atoms with E-state index in [0.717, 1.165) is 6.42 Å². The Morgan fingerprint density at radius 1 is 0.913 bits per heavy atom. The van der Waals surface area contributed by atoms with Crippen molar-refractivity contribution in [1.82, 2.24) is 0 Å². The Bertz CT molecular complexity index is 854. The average Bonchev–Trinajstić information content (AvgIpc) is 2.54. The lowest BCUT2D eigenvalue weighted by atomic mass is 9.77. The maximum atomic E-state index is 3.50. The Morgan fingerprint density at radius 3 is 2.43 bits per heavy atom. The summed E-state index contributed by atoms with van der Waals surface area (Å²) in [5.41, 5.74) is 10.6. The second-order valence-corrected chi connectivity index (χ2v) is 6.69. The molecule has 2 aromatic rings. The summed E-state index contributed by atoms with van der Waals surface area (Å²) < 4.78 is 0. The van der Waals surface area contributed by atoms with Crippen LogP contribution in [0.15, 0.2) is 36.4 Å². The normalized spacial score (nSPS) is 13.7. The van der Waals surface area contributed by atoms with E-state index in [1.165, 1.54) is 44.8 Å². The Balaban J connectivity index is 1.96. The minimum Gasteiger partial charge on any atom is -0.377 e. The molecule has 0 aliphatic heterocycles. The molecule has 2 aliphatic rings. The Morgan fingerprint density at radius 2 is 1.70 bits per heavy atom. The molecule has 0 amide bonds. The van der Waals surface area contributed by atoms with Gasteiger partial charge in [-0.05, 0) is 24.3 Å². The second-order valence-electron chi connectivity index (χ2n) is 6.69. The second kappa shape index (κ2) is 4.97. The number of hydrogen-bond donors (Lipinski definition) is 0. The van der Waals surface area contributed by atoms with E-state index >= 15 is 0 Å². The first kappa shape index (κ1) is 14.0. The number of fused-ring (bicyclic) bond motifs is 2. The molecule has 0 fully saturated rings. The molecule has 2 aliphatic carbocycles. The first-order chi connectivity index (χ1) is 11.1. The van der Waals surface area contributed by atoms with E-state index in [2.05, 4.69) is 86.6 Å². The Kier molecular flexibility index (Phi) is 3.04. The maximum Gasteiger partial charge on any atom is 0.163 e. The van der Waals surface area contributed by atoms with Crippen molar-refractivity contribution in [3.8, 4) is 0 Å². The molecular formula is C21H21N2+. The molecule has 114 valence electrons. The van der Waals surface area contributed by atoms with Gasteiger partial charge in [-0.1, -0.05) is 0 Å². The third-order valence-electron chi connectivity index (χ3n) is 4.78. The standard InChI is InChI=1S/C21H21N2/c1-22(2)16-10-8-14-12-15-9-11-20(23(3)4)18-7-5-6-17(21(15)18)19(14)13-16/h5,7-11,13H,12H2,1-4H3/q+1. The van der Waals surface area contributed by atoms with Gasteiger partial charge in [0.25, 0.3) is 0 Å². The van der Waals surface area contributed by atoms with Crippen LogP contribution >= 0.6 is 0 Å². The first-order valence-electron chi connectivity index (χ1n) is 8.00. The van der Waals surface area contributed by atoms with Gasteiger partial charge in [-0.2, -0.15) is 0 Å². The molecule has 0 radical (unpaired) electrons. The summed E-state index contributed by atoms with van der Waals surface area (Å²) in [6.45, 7) is 0. The Hall–Kier alpha value is -2.57. The van der Waals surface area contributed by atoms with E-state index in [1.54, 1.807) is 0 Å². The molecule has 0 saturated carbocycles. The molecule has 0 unspecified atom stereocenters. The van der Waals surface area contributed by atoms with Gasteiger partial charge in [0.15, 0.2) is 5.57 Å². The summed E-state index contributed by atoms with van der Waals surface area (Å²) in [5.74, 6) is 0. The lowest BCUT2D eigenvalue weighted by molar-refractivity contribution is 1.08. The fourth-order valence-corrected chi connectivity index (χ4v) is 3.58. The third kappa shape index (κ3) is 2.07. The van der Waals surface area contributed by atoms with Crippen LogP contribution in [0.25, 0.3) is 11.6 Å². The average molecular weight is 301 g/mol. The van der Waals surface area contributed by atoms with E-state index in [9.17, 15) is 0 Å². The van der Waals surface area contributed by atoms with Gasteiger partial charge >= 0.3 is 0 Å². The number of benzene rings is 2. The highest BCUT2D eigenvalue weighted by molar-refractivity contribution is 5.95. The number of anilines is 2. The van der Waals surface area contributed by atoms with Crippen molar-refractivity contribution in [1.29, 1.82) is 0 Å². The van der Waals surface area contributed by atoms with Crippen LogP contribution in [0.5, 0.6) is 0 Å². The van der Waals surface area contributed by atoms with E-state index in [-0.39, 0.29) is 0 Å². The van der Waals surface area contributed by atoms with Crippen molar-refractivity contribution in [2.24, 2.45) is 0 Å². The molecule has 2 nitrogen and oxygen atoms in total. The molecule has 4 rings (SSSR count). The van der Waals surface area contributed by atoms with E-state index < -0.39 is 0 Å². The minimum atomic E-state index is 0.998. The summed E-state index contributed by atoms with van der Waals surface area (Å²) in [5, 5.41) is 0. The van der Waals surface area contributed by atoms with Crippen molar-refractivity contribution in [2.75, 3.05) is 38.0 Å². The van der Waals surface area contributed by atoms with Crippen LogP contribution in [0.3, 0.4) is 0 Å². The number of rotatable bonds is 2. The highest BCUT2D eigenvalue weighted by atomic mass is 15.1. The fourth-order valence-electron chi connectivity index (χ4n) is 3.58. The largest absolute Gasteiger partial charge is 0.377 e. The molecule has 0 spiro atoms. The molecule has 2 aromatic carbocycles. The molecular weight excluding hydrogens is 280 g/mol. The summed E-state index contributed by atoms with van der Waals surface area (Å²) in [6, 6.07) is 11.3. The van der Waals surface area contributed by atoms with Gasteiger partial charge < -0.3 is 9.80 Å². The number of allylic oxidation sites excluding steroid dienone is 2. The SMILES string of the molecule is CN(C)c1ccc2c(c1)C1=[C+]C=Cc3c(N(C)C)ccc(c31)C2. The molecule has 0 heterocycles. The highest BCUT2D eigenvalue weighted by Gasteiger charge is 2.33. The van der Waals surface area contributed by atoms with Crippen LogP contribution in [0.1, 0.15) is 27.8 Å². The zero-order valence-corrected chi connectivity index (χ0v) is 14.1. The van der Waals surface area contributed by atoms with Crippen molar-refractivity contribution in [3.05, 3.63) is 70.3 Å². The van der Waals surface area contributed by atoms with Crippen molar-refractivity contribution >= 4 is 23.0 Å². The monoisotopic (exact) mass is 301 g/mol. The summed E-state index contributed by atoms with van der Waals surface area (Å²) in [4.78, 5) is 4.35. The summed E-state index contributed by atoms with van der Waals surface area (Å²) in [7, 11) is 8.39. The van der Waals surface area contributed by atoms with Gasteiger partial charge in [0, 0.05) is 69.6 Å². The van der Waals surface area contributed by atoms with Crippen LogP contribution in [-0.4, -0.2) is 28.2 Å². The van der Waals surface area contributed by atoms with Gasteiger partial charge in [0.2, 0.25) is 0 Å².